The predicted molar refractivity (Wildman–Crippen MR) is 54.1 cm³/mol. The number of likely N-dealkylation sites (tertiary alicyclic amines) is 1. The first-order chi connectivity index (χ1) is 7.31. The largest absolute Gasteiger partial charge is 0.394 e. The van der Waals surface area contributed by atoms with Crippen molar-refractivity contribution in [3.05, 3.63) is 18.0 Å². The standard InChI is InChI=1S/C10H15N3O2/c14-7-9-2-1-5-13(9)10(15)6-8-3-4-11-12-8/h3-4,9,14H,1-2,5-7H2,(H,11,12)/t9-/m0/s1. The number of nitrogens with one attached hydrogen (secondary N) is 1. The molecule has 0 bridgehead atoms. The van der Waals surface area contributed by atoms with Gasteiger partial charge in [-0.25, -0.2) is 0 Å². The van der Waals surface area contributed by atoms with Gasteiger partial charge in [0.1, 0.15) is 0 Å². The molecule has 0 radical (unpaired) electrons. The molecule has 0 aromatic carbocycles. The average Bonchev–Trinajstić information content (AvgIpc) is 2.86. The topological polar surface area (TPSA) is 69.2 Å². The van der Waals surface area contributed by atoms with Crippen LogP contribution in [0.4, 0.5) is 0 Å². The van der Waals surface area contributed by atoms with Gasteiger partial charge in [0, 0.05) is 18.4 Å². The number of rotatable bonds is 3. The van der Waals surface area contributed by atoms with Crippen LogP contribution in [-0.2, 0) is 11.2 Å². The summed E-state index contributed by atoms with van der Waals surface area (Å²) in [6.07, 6.45) is 3.87. The van der Waals surface area contributed by atoms with Crippen LogP contribution in [0.1, 0.15) is 18.5 Å². The molecule has 2 N–H and O–H groups in total. The Hall–Kier alpha value is -1.36. The maximum Gasteiger partial charge on any atom is 0.228 e. The fraction of sp³-hybridized carbons (Fsp3) is 0.600. The zero-order valence-corrected chi connectivity index (χ0v) is 8.52. The van der Waals surface area contributed by atoms with E-state index in [1.165, 1.54) is 0 Å². The molecule has 15 heavy (non-hydrogen) atoms. The Morgan fingerprint density at radius 2 is 2.60 bits per heavy atom. The lowest BCUT2D eigenvalue weighted by Crippen LogP contribution is -2.38. The van der Waals surface area contributed by atoms with E-state index >= 15 is 0 Å². The normalized spacial score (nSPS) is 20.9. The molecule has 1 saturated heterocycles. The van der Waals surface area contributed by atoms with Crippen LogP contribution in [0, 0.1) is 0 Å². The number of carbonyl (C=O) groups is 1. The number of hydrogen-bond donors (Lipinski definition) is 2. The summed E-state index contributed by atoms with van der Waals surface area (Å²) in [4.78, 5) is 13.6. The van der Waals surface area contributed by atoms with Gasteiger partial charge in [-0.3, -0.25) is 9.89 Å². The summed E-state index contributed by atoms with van der Waals surface area (Å²) >= 11 is 0. The molecule has 0 aliphatic carbocycles. The molecule has 1 atom stereocenters. The molecule has 1 fully saturated rings. The second-order valence-corrected chi connectivity index (χ2v) is 3.82. The third-order valence-corrected chi connectivity index (χ3v) is 2.81. The molecule has 2 heterocycles. The van der Waals surface area contributed by atoms with Gasteiger partial charge in [-0.2, -0.15) is 5.10 Å². The van der Waals surface area contributed by atoms with E-state index < -0.39 is 0 Å². The molecule has 1 aromatic heterocycles. The molecular weight excluding hydrogens is 194 g/mol. The summed E-state index contributed by atoms with van der Waals surface area (Å²) in [5, 5.41) is 15.7. The summed E-state index contributed by atoms with van der Waals surface area (Å²) < 4.78 is 0. The minimum absolute atomic E-state index is 0.0143. The Morgan fingerprint density at radius 1 is 1.73 bits per heavy atom. The van der Waals surface area contributed by atoms with Crippen molar-refractivity contribution in [1.82, 2.24) is 15.1 Å². The number of H-pyrrole nitrogens is 1. The maximum atomic E-state index is 11.8. The van der Waals surface area contributed by atoms with Crippen molar-refractivity contribution in [3.8, 4) is 0 Å². The van der Waals surface area contributed by atoms with E-state index in [2.05, 4.69) is 10.2 Å². The number of aromatic amines is 1. The van der Waals surface area contributed by atoms with Gasteiger partial charge in [-0.1, -0.05) is 0 Å². The Labute approximate surface area is 88.1 Å². The monoisotopic (exact) mass is 209 g/mol. The molecule has 1 aliphatic heterocycles. The Balaban J connectivity index is 1.96. The fourth-order valence-electron chi connectivity index (χ4n) is 2.00. The van der Waals surface area contributed by atoms with Crippen molar-refractivity contribution in [3.63, 3.8) is 0 Å². The summed E-state index contributed by atoms with van der Waals surface area (Å²) in [7, 11) is 0. The number of hydrogen-bond acceptors (Lipinski definition) is 3. The van der Waals surface area contributed by atoms with E-state index in [1.807, 2.05) is 0 Å². The minimum atomic E-state index is 0.0143. The lowest BCUT2D eigenvalue weighted by atomic mass is 10.2. The van der Waals surface area contributed by atoms with Gasteiger partial charge >= 0.3 is 0 Å². The number of nitrogens with zero attached hydrogens (tertiary/aromatic N) is 2. The highest BCUT2D eigenvalue weighted by molar-refractivity contribution is 5.78. The number of aromatic nitrogens is 2. The van der Waals surface area contributed by atoms with E-state index in [0.717, 1.165) is 25.1 Å². The van der Waals surface area contributed by atoms with Gasteiger partial charge in [-0.15, -0.1) is 0 Å². The zero-order chi connectivity index (χ0) is 10.7. The van der Waals surface area contributed by atoms with Crippen LogP contribution in [0.2, 0.25) is 0 Å². The highest BCUT2D eigenvalue weighted by Gasteiger charge is 2.27. The van der Waals surface area contributed by atoms with Gasteiger partial charge in [-0.05, 0) is 18.9 Å². The molecule has 82 valence electrons. The van der Waals surface area contributed by atoms with Gasteiger partial charge in [0.2, 0.25) is 5.91 Å². The van der Waals surface area contributed by atoms with Gasteiger partial charge in [0.25, 0.3) is 0 Å². The van der Waals surface area contributed by atoms with Crippen molar-refractivity contribution in [1.29, 1.82) is 0 Å². The third kappa shape index (κ3) is 2.18. The summed E-state index contributed by atoms with van der Waals surface area (Å²) in [6, 6.07) is 1.81. The Kier molecular flexibility index (Phi) is 3.01. The van der Waals surface area contributed by atoms with Crippen molar-refractivity contribution < 1.29 is 9.90 Å². The van der Waals surface area contributed by atoms with E-state index in [-0.39, 0.29) is 18.6 Å². The van der Waals surface area contributed by atoms with E-state index in [9.17, 15) is 4.79 Å². The maximum absolute atomic E-state index is 11.8. The first-order valence-corrected chi connectivity index (χ1v) is 5.20. The quantitative estimate of drug-likeness (QED) is 0.732. The molecule has 0 saturated carbocycles. The van der Waals surface area contributed by atoms with Gasteiger partial charge in [0.15, 0.2) is 0 Å². The van der Waals surface area contributed by atoms with Crippen molar-refractivity contribution >= 4 is 5.91 Å². The first-order valence-electron chi connectivity index (χ1n) is 5.20. The van der Waals surface area contributed by atoms with Crippen LogP contribution in [0.15, 0.2) is 12.3 Å². The van der Waals surface area contributed by atoms with Crippen molar-refractivity contribution in [2.24, 2.45) is 0 Å². The van der Waals surface area contributed by atoms with Crippen LogP contribution in [0.3, 0.4) is 0 Å². The average molecular weight is 209 g/mol. The van der Waals surface area contributed by atoms with Crippen LogP contribution < -0.4 is 0 Å². The highest BCUT2D eigenvalue weighted by atomic mass is 16.3. The lowest BCUT2D eigenvalue weighted by Gasteiger charge is -2.22. The SMILES string of the molecule is O=C(Cc1ccn[nH]1)N1CCC[C@H]1CO. The molecule has 1 aliphatic rings. The summed E-state index contributed by atoms with van der Waals surface area (Å²) in [5.41, 5.74) is 0.823. The first kappa shape index (κ1) is 10.2. The molecule has 1 amide bonds. The second kappa shape index (κ2) is 4.44. The predicted octanol–water partition coefficient (Wildman–Crippen LogP) is -0.0645. The molecule has 2 rings (SSSR count). The number of aliphatic hydroxyl groups is 1. The molecular formula is C10H15N3O2. The summed E-state index contributed by atoms with van der Waals surface area (Å²) in [5.74, 6) is 0.0656. The number of carbonyl (C=O) groups excluding carboxylic acids is 1. The molecule has 5 nitrogen and oxygen atoms in total. The van der Waals surface area contributed by atoms with Crippen molar-refractivity contribution in [2.75, 3.05) is 13.2 Å². The number of amides is 1. The molecule has 0 spiro atoms. The molecule has 5 heteroatoms. The zero-order valence-electron chi connectivity index (χ0n) is 8.52. The fourth-order valence-corrected chi connectivity index (χ4v) is 2.00. The Bertz CT molecular complexity index is 323. The molecule has 1 aromatic rings. The van der Waals surface area contributed by atoms with Crippen LogP contribution >= 0.6 is 0 Å². The lowest BCUT2D eigenvalue weighted by molar-refractivity contribution is -0.132. The van der Waals surface area contributed by atoms with Crippen LogP contribution in [-0.4, -0.2) is 45.3 Å². The third-order valence-electron chi connectivity index (χ3n) is 2.81. The van der Waals surface area contributed by atoms with E-state index in [4.69, 9.17) is 5.11 Å². The number of aliphatic hydroxyl groups excluding tert-OH is 1. The highest BCUT2D eigenvalue weighted by Crippen LogP contribution is 2.17. The van der Waals surface area contributed by atoms with Crippen molar-refractivity contribution in [2.45, 2.75) is 25.3 Å². The van der Waals surface area contributed by atoms with E-state index in [1.54, 1.807) is 17.2 Å². The van der Waals surface area contributed by atoms with Gasteiger partial charge < -0.3 is 10.0 Å². The van der Waals surface area contributed by atoms with Gasteiger partial charge in [0.05, 0.1) is 19.1 Å². The molecule has 0 unspecified atom stereocenters. The smallest absolute Gasteiger partial charge is 0.228 e. The van der Waals surface area contributed by atoms with Crippen LogP contribution in [0.25, 0.3) is 0 Å². The Morgan fingerprint density at radius 3 is 3.27 bits per heavy atom. The summed E-state index contributed by atoms with van der Waals surface area (Å²) in [6.45, 7) is 0.826. The minimum Gasteiger partial charge on any atom is -0.394 e. The van der Waals surface area contributed by atoms with E-state index in [0.29, 0.717) is 6.42 Å². The van der Waals surface area contributed by atoms with Crippen LogP contribution in [0.5, 0.6) is 0 Å². The second-order valence-electron chi connectivity index (χ2n) is 3.82.